The molecule has 0 aliphatic heterocycles. The van der Waals surface area contributed by atoms with Crippen LogP contribution in [0.2, 0.25) is 0 Å². The van der Waals surface area contributed by atoms with E-state index >= 15 is 0 Å². The SMILES string of the molecule is CC(OC(=O)c1cccc(N(C)C)c1)C(=O)N(C)Cc1nc2ccccc2s1. The summed E-state index contributed by atoms with van der Waals surface area (Å²) in [7, 11) is 5.48. The molecule has 0 saturated heterocycles. The lowest BCUT2D eigenvalue weighted by atomic mass is 10.2. The minimum atomic E-state index is -0.880. The Morgan fingerprint density at radius 2 is 1.86 bits per heavy atom. The lowest BCUT2D eigenvalue weighted by molar-refractivity contribution is -0.139. The number of hydrogen-bond acceptors (Lipinski definition) is 6. The van der Waals surface area contributed by atoms with Gasteiger partial charge in [-0.3, -0.25) is 4.79 Å². The highest BCUT2D eigenvalue weighted by atomic mass is 32.1. The average Bonchev–Trinajstić information content (AvgIpc) is 3.09. The quantitative estimate of drug-likeness (QED) is 0.595. The summed E-state index contributed by atoms with van der Waals surface area (Å²) < 4.78 is 6.47. The highest BCUT2D eigenvalue weighted by Crippen LogP contribution is 2.22. The molecule has 6 nitrogen and oxygen atoms in total. The van der Waals surface area contributed by atoms with Gasteiger partial charge in [-0.25, -0.2) is 9.78 Å². The van der Waals surface area contributed by atoms with Crippen molar-refractivity contribution >= 4 is 39.1 Å². The van der Waals surface area contributed by atoms with E-state index in [0.717, 1.165) is 20.9 Å². The van der Waals surface area contributed by atoms with Crippen LogP contribution in [0.15, 0.2) is 48.5 Å². The number of fused-ring (bicyclic) bond motifs is 1. The Hall–Kier alpha value is -2.93. The zero-order valence-electron chi connectivity index (χ0n) is 16.4. The van der Waals surface area contributed by atoms with Gasteiger partial charge in [-0.15, -0.1) is 11.3 Å². The van der Waals surface area contributed by atoms with Gasteiger partial charge in [0.2, 0.25) is 0 Å². The number of amides is 1. The second-order valence-electron chi connectivity index (χ2n) is 6.76. The van der Waals surface area contributed by atoms with Crippen molar-refractivity contribution in [2.45, 2.75) is 19.6 Å². The van der Waals surface area contributed by atoms with Gasteiger partial charge in [-0.1, -0.05) is 18.2 Å². The summed E-state index contributed by atoms with van der Waals surface area (Å²) in [6.07, 6.45) is -0.880. The van der Waals surface area contributed by atoms with Crippen LogP contribution in [0.25, 0.3) is 10.2 Å². The average molecular weight is 398 g/mol. The third-order valence-corrected chi connectivity index (χ3v) is 5.34. The molecule has 0 bridgehead atoms. The van der Waals surface area contributed by atoms with Crippen molar-refractivity contribution in [1.82, 2.24) is 9.88 Å². The molecule has 7 heteroatoms. The maximum atomic E-state index is 12.6. The minimum Gasteiger partial charge on any atom is -0.449 e. The molecule has 3 aromatic rings. The zero-order chi connectivity index (χ0) is 20.3. The van der Waals surface area contributed by atoms with Crippen LogP contribution in [-0.4, -0.2) is 49.0 Å². The number of benzene rings is 2. The summed E-state index contributed by atoms with van der Waals surface area (Å²) in [5.74, 6) is -0.783. The van der Waals surface area contributed by atoms with Crippen LogP contribution < -0.4 is 4.90 Å². The Kier molecular flexibility index (Phi) is 5.94. The number of para-hydroxylation sites is 1. The van der Waals surface area contributed by atoms with Gasteiger partial charge in [0.25, 0.3) is 5.91 Å². The smallest absolute Gasteiger partial charge is 0.338 e. The highest BCUT2D eigenvalue weighted by Gasteiger charge is 2.23. The fourth-order valence-electron chi connectivity index (χ4n) is 2.77. The number of hydrogen-bond donors (Lipinski definition) is 0. The molecule has 1 heterocycles. The molecule has 1 atom stereocenters. The van der Waals surface area contributed by atoms with E-state index in [4.69, 9.17) is 4.74 Å². The largest absolute Gasteiger partial charge is 0.449 e. The lowest BCUT2D eigenvalue weighted by Crippen LogP contribution is -2.37. The topological polar surface area (TPSA) is 62.7 Å². The third-order valence-electron chi connectivity index (χ3n) is 4.32. The summed E-state index contributed by atoms with van der Waals surface area (Å²) in [6.45, 7) is 1.96. The molecule has 1 amide bonds. The summed E-state index contributed by atoms with van der Waals surface area (Å²) in [4.78, 5) is 33.0. The van der Waals surface area contributed by atoms with Crippen LogP contribution in [0, 0.1) is 0 Å². The number of thiazole rings is 1. The van der Waals surface area contributed by atoms with Gasteiger partial charge in [0.05, 0.1) is 22.3 Å². The van der Waals surface area contributed by atoms with Gasteiger partial charge in [0.15, 0.2) is 6.10 Å². The Bertz CT molecular complexity index is 966. The molecule has 1 unspecified atom stereocenters. The fraction of sp³-hybridized carbons (Fsp3) is 0.286. The zero-order valence-corrected chi connectivity index (χ0v) is 17.2. The van der Waals surface area contributed by atoms with Gasteiger partial charge in [0, 0.05) is 26.8 Å². The minimum absolute atomic E-state index is 0.267. The molecule has 0 saturated carbocycles. The summed E-state index contributed by atoms with van der Waals surface area (Å²) in [5.41, 5.74) is 2.23. The van der Waals surface area contributed by atoms with E-state index in [0.29, 0.717) is 12.1 Å². The molecule has 0 radical (unpaired) electrons. The molecule has 146 valence electrons. The van der Waals surface area contributed by atoms with Gasteiger partial charge in [0.1, 0.15) is 5.01 Å². The summed E-state index contributed by atoms with van der Waals surface area (Å²) in [5, 5.41) is 0.842. The Labute approximate surface area is 168 Å². The van der Waals surface area contributed by atoms with Crippen molar-refractivity contribution in [3.05, 3.63) is 59.1 Å². The Morgan fingerprint density at radius 1 is 1.11 bits per heavy atom. The third kappa shape index (κ3) is 4.48. The first kappa shape index (κ1) is 19.8. The van der Waals surface area contributed by atoms with Crippen LogP contribution in [0.4, 0.5) is 5.69 Å². The monoisotopic (exact) mass is 397 g/mol. The second kappa shape index (κ2) is 8.39. The first-order chi connectivity index (χ1) is 13.3. The second-order valence-corrected chi connectivity index (χ2v) is 7.88. The first-order valence-electron chi connectivity index (χ1n) is 8.93. The van der Waals surface area contributed by atoms with E-state index in [1.165, 1.54) is 4.90 Å². The predicted octanol–water partition coefficient (Wildman–Crippen LogP) is 3.57. The van der Waals surface area contributed by atoms with Gasteiger partial charge in [-0.05, 0) is 37.3 Å². The Balaban J connectivity index is 1.63. The van der Waals surface area contributed by atoms with Crippen molar-refractivity contribution in [1.29, 1.82) is 0 Å². The molecular weight excluding hydrogens is 374 g/mol. The van der Waals surface area contributed by atoms with E-state index in [2.05, 4.69) is 4.98 Å². The molecule has 3 rings (SSSR count). The first-order valence-corrected chi connectivity index (χ1v) is 9.74. The molecule has 0 N–H and O–H groups in total. The number of likely N-dealkylation sites (N-methyl/N-ethyl adjacent to an activating group) is 1. The molecule has 2 aromatic carbocycles. The van der Waals surface area contributed by atoms with E-state index in [9.17, 15) is 9.59 Å². The van der Waals surface area contributed by atoms with Crippen LogP contribution in [0.5, 0.6) is 0 Å². The summed E-state index contributed by atoms with van der Waals surface area (Å²) in [6, 6.07) is 15.0. The maximum Gasteiger partial charge on any atom is 0.338 e. The number of carbonyl (C=O) groups is 2. The number of ether oxygens (including phenoxy) is 1. The van der Waals surface area contributed by atoms with Crippen molar-refractivity contribution in [2.75, 3.05) is 26.0 Å². The molecule has 1 aromatic heterocycles. The van der Waals surface area contributed by atoms with Crippen LogP contribution >= 0.6 is 11.3 Å². The standard InChI is InChI=1S/C21H23N3O3S/c1-14(27-21(26)15-8-7-9-16(12-15)23(2)3)20(25)24(4)13-19-22-17-10-5-6-11-18(17)28-19/h5-12,14H,13H2,1-4H3. The molecule has 0 aliphatic carbocycles. The van der Waals surface area contributed by atoms with E-state index in [1.807, 2.05) is 49.3 Å². The van der Waals surface area contributed by atoms with Crippen LogP contribution in [-0.2, 0) is 16.1 Å². The van der Waals surface area contributed by atoms with Crippen LogP contribution in [0.1, 0.15) is 22.3 Å². The van der Waals surface area contributed by atoms with Gasteiger partial charge >= 0.3 is 5.97 Å². The van der Waals surface area contributed by atoms with Crippen molar-refractivity contribution in [3.63, 3.8) is 0 Å². The number of aromatic nitrogens is 1. The molecule has 0 spiro atoms. The lowest BCUT2D eigenvalue weighted by Gasteiger charge is -2.21. The molecular formula is C21H23N3O3S. The van der Waals surface area contributed by atoms with E-state index < -0.39 is 12.1 Å². The normalized spacial score (nSPS) is 11.9. The van der Waals surface area contributed by atoms with Crippen LogP contribution in [0.3, 0.4) is 0 Å². The maximum absolute atomic E-state index is 12.6. The predicted molar refractivity (Wildman–Crippen MR) is 112 cm³/mol. The Morgan fingerprint density at radius 3 is 2.57 bits per heavy atom. The van der Waals surface area contributed by atoms with E-state index in [1.54, 1.807) is 43.5 Å². The molecule has 28 heavy (non-hydrogen) atoms. The van der Waals surface area contributed by atoms with Crippen molar-refractivity contribution in [3.8, 4) is 0 Å². The number of carbonyl (C=O) groups excluding carboxylic acids is 2. The number of rotatable bonds is 6. The molecule has 0 aliphatic rings. The molecule has 0 fully saturated rings. The highest BCUT2D eigenvalue weighted by molar-refractivity contribution is 7.18. The van der Waals surface area contributed by atoms with Crippen molar-refractivity contribution < 1.29 is 14.3 Å². The number of anilines is 1. The van der Waals surface area contributed by atoms with Crippen molar-refractivity contribution in [2.24, 2.45) is 0 Å². The van der Waals surface area contributed by atoms with E-state index in [-0.39, 0.29) is 5.91 Å². The number of esters is 1. The summed E-state index contributed by atoms with van der Waals surface area (Å²) >= 11 is 1.55. The fourth-order valence-corrected chi connectivity index (χ4v) is 3.79. The van der Waals surface area contributed by atoms with Gasteiger partial charge in [-0.2, -0.15) is 0 Å². The van der Waals surface area contributed by atoms with Gasteiger partial charge < -0.3 is 14.5 Å². The number of nitrogens with zero attached hydrogens (tertiary/aromatic N) is 3.